The lowest BCUT2D eigenvalue weighted by atomic mass is 10.1. The quantitative estimate of drug-likeness (QED) is 0.859. The summed E-state index contributed by atoms with van der Waals surface area (Å²) in [6.07, 6.45) is 0. The van der Waals surface area contributed by atoms with E-state index in [0.29, 0.717) is 44.4 Å². The molecule has 122 valence electrons. The van der Waals surface area contributed by atoms with Crippen LogP contribution in [0.5, 0.6) is 0 Å². The zero-order valence-corrected chi connectivity index (χ0v) is 12.6. The molecule has 0 radical (unpaired) electrons. The fourth-order valence-electron chi connectivity index (χ4n) is 2.54. The fraction of sp³-hybridized carbons (Fsp3) is 0.400. The highest BCUT2D eigenvalue weighted by atomic mass is 19.1. The van der Waals surface area contributed by atoms with Gasteiger partial charge in [0.05, 0.1) is 12.1 Å². The summed E-state index contributed by atoms with van der Waals surface area (Å²) in [5.74, 6) is -0.718. The number of carbonyl (C=O) groups is 1. The Morgan fingerprint density at radius 2 is 2.00 bits per heavy atom. The second-order valence-electron chi connectivity index (χ2n) is 5.43. The standard InChI is InChI=1S/C15H16F2N4O2/c1-10-18-14(23-19-10)9-20-4-6-21(7-5-20)15(22)12-8-11(16)2-3-13(12)17/h2-3,8H,4-7,9H2,1H3. The number of piperazine rings is 1. The maximum atomic E-state index is 13.7. The van der Waals surface area contributed by atoms with Crippen molar-refractivity contribution in [2.24, 2.45) is 0 Å². The molecule has 3 rings (SSSR count). The lowest BCUT2D eigenvalue weighted by Gasteiger charge is -2.34. The number of rotatable bonds is 3. The van der Waals surface area contributed by atoms with Crippen molar-refractivity contribution >= 4 is 5.91 Å². The summed E-state index contributed by atoms with van der Waals surface area (Å²) in [5.41, 5.74) is -0.231. The third-order valence-corrected chi connectivity index (χ3v) is 3.75. The van der Waals surface area contributed by atoms with Crippen LogP contribution in [0.2, 0.25) is 0 Å². The zero-order chi connectivity index (χ0) is 16.4. The van der Waals surface area contributed by atoms with Crippen LogP contribution < -0.4 is 0 Å². The number of aryl methyl sites for hydroxylation is 1. The molecule has 6 nitrogen and oxygen atoms in total. The zero-order valence-electron chi connectivity index (χ0n) is 12.6. The third-order valence-electron chi connectivity index (χ3n) is 3.75. The van der Waals surface area contributed by atoms with Crippen LogP contribution in [0, 0.1) is 18.6 Å². The molecule has 0 spiro atoms. The predicted octanol–water partition coefficient (Wildman–Crippen LogP) is 1.61. The van der Waals surface area contributed by atoms with Gasteiger partial charge in [-0.2, -0.15) is 4.98 Å². The van der Waals surface area contributed by atoms with Crippen LogP contribution in [0.25, 0.3) is 0 Å². The van der Waals surface area contributed by atoms with Crippen LogP contribution >= 0.6 is 0 Å². The van der Waals surface area contributed by atoms with E-state index in [1.54, 1.807) is 6.92 Å². The second-order valence-corrected chi connectivity index (χ2v) is 5.43. The number of hydrogen-bond donors (Lipinski definition) is 0. The Morgan fingerprint density at radius 3 is 2.65 bits per heavy atom. The first kappa shape index (κ1) is 15.5. The van der Waals surface area contributed by atoms with E-state index in [0.717, 1.165) is 18.2 Å². The van der Waals surface area contributed by atoms with E-state index in [9.17, 15) is 13.6 Å². The number of hydrogen-bond acceptors (Lipinski definition) is 5. The third kappa shape index (κ3) is 3.53. The van der Waals surface area contributed by atoms with Gasteiger partial charge in [-0.3, -0.25) is 9.69 Å². The monoisotopic (exact) mass is 322 g/mol. The number of nitrogens with zero attached hydrogens (tertiary/aromatic N) is 4. The Morgan fingerprint density at radius 1 is 1.26 bits per heavy atom. The normalized spacial score (nSPS) is 15.9. The molecular formula is C15H16F2N4O2. The first-order valence-electron chi connectivity index (χ1n) is 7.29. The lowest BCUT2D eigenvalue weighted by Crippen LogP contribution is -2.48. The summed E-state index contributed by atoms with van der Waals surface area (Å²) in [7, 11) is 0. The Bertz CT molecular complexity index is 711. The molecule has 1 aliphatic rings. The van der Waals surface area contributed by atoms with E-state index in [4.69, 9.17) is 4.52 Å². The maximum Gasteiger partial charge on any atom is 0.257 e. The van der Waals surface area contributed by atoms with Gasteiger partial charge < -0.3 is 9.42 Å². The molecule has 0 bridgehead atoms. The van der Waals surface area contributed by atoms with Gasteiger partial charge in [-0.15, -0.1) is 0 Å². The number of aromatic nitrogens is 2. The molecule has 1 aromatic heterocycles. The summed E-state index contributed by atoms with van der Waals surface area (Å²) < 4.78 is 32.0. The Hall–Kier alpha value is -2.35. The van der Waals surface area contributed by atoms with E-state index in [1.165, 1.54) is 4.90 Å². The molecule has 0 aliphatic carbocycles. The smallest absolute Gasteiger partial charge is 0.257 e. The number of amides is 1. The Balaban J connectivity index is 1.60. The van der Waals surface area contributed by atoms with Crippen molar-refractivity contribution in [1.82, 2.24) is 19.9 Å². The molecule has 1 fully saturated rings. The average molecular weight is 322 g/mol. The predicted molar refractivity (Wildman–Crippen MR) is 76.6 cm³/mol. The molecule has 8 heteroatoms. The van der Waals surface area contributed by atoms with E-state index >= 15 is 0 Å². The second kappa shape index (κ2) is 6.41. The summed E-state index contributed by atoms with van der Waals surface area (Å²) in [5, 5.41) is 3.73. The summed E-state index contributed by atoms with van der Waals surface area (Å²) in [6.45, 7) is 4.33. The highest BCUT2D eigenvalue weighted by Gasteiger charge is 2.25. The molecule has 1 amide bonds. The van der Waals surface area contributed by atoms with E-state index in [-0.39, 0.29) is 5.56 Å². The van der Waals surface area contributed by atoms with Crippen LogP contribution in [0.15, 0.2) is 22.7 Å². The van der Waals surface area contributed by atoms with Crippen LogP contribution in [0.4, 0.5) is 8.78 Å². The topological polar surface area (TPSA) is 62.5 Å². The van der Waals surface area contributed by atoms with Gasteiger partial charge in [-0.05, 0) is 25.1 Å². The number of benzene rings is 1. The van der Waals surface area contributed by atoms with Gasteiger partial charge in [0.1, 0.15) is 11.6 Å². The molecule has 1 saturated heterocycles. The maximum absolute atomic E-state index is 13.7. The largest absolute Gasteiger partial charge is 0.338 e. The first-order valence-corrected chi connectivity index (χ1v) is 7.29. The van der Waals surface area contributed by atoms with Gasteiger partial charge in [0.2, 0.25) is 5.89 Å². The lowest BCUT2D eigenvalue weighted by molar-refractivity contribution is 0.0610. The minimum Gasteiger partial charge on any atom is -0.338 e. The average Bonchev–Trinajstić information content (AvgIpc) is 2.95. The van der Waals surface area contributed by atoms with Crippen molar-refractivity contribution in [3.05, 3.63) is 47.1 Å². The molecule has 23 heavy (non-hydrogen) atoms. The highest BCUT2D eigenvalue weighted by molar-refractivity contribution is 5.94. The van der Waals surface area contributed by atoms with Crippen molar-refractivity contribution in [3.63, 3.8) is 0 Å². The highest BCUT2D eigenvalue weighted by Crippen LogP contribution is 2.15. The molecule has 0 atom stereocenters. The minimum atomic E-state index is -0.708. The molecule has 1 aromatic carbocycles. The molecule has 1 aliphatic heterocycles. The molecule has 0 saturated carbocycles. The summed E-state index contributed by atoms with van der Waals surface area (Å²) in [4.78, 5) is 20.0. The van der Waals surface area contributed by atoms with Gasteiger partial charge in [-0.1, -0.05) is 5.16 Å². The molecule has 2 heterocycles. The van der Waals surface area contributed by atoms with Crippen LogP contribution in [-0.4, -0.2) is 52.0 Å². The SMILES string of the molecule is Cc1noc(CN2CCN(C(=O)c3cc(F)ccc3F)CC2)n1. The van der Waals surface area contributed by atoms with Crippen molar-refractivity contribution in [2.45, 2.75) is 13.5 Å². The fourth-order valence-corrected chi connectivity index (χ4v) is 2.54. The number of carbonyl (C=O) groups excluding carboxylic acids is 1. The molecular weight excluding hydrogens is 306 g/mol. The molecule has 0 N–H and O–H groups in total. The molecule has 0 unspecified atom stereocenters. The first-order chi connectivity index (χ1) is 11.0. The summed E-state index contributed by atoms with van der Waals surface area (Å²) >= 11 is 0. The van der Waals surface area contributed by atoms with E-state index < -0.39 is 17.5 Å². The van der Waals surface area contributed by atoms with Crippen molar-refractivity contribution in [2.75, 3.05) is 26.2 Å². The van der Waals surface area contributed by atoms with Crippen LogP contribution in [0.1, 0.15) is 22.1 Å². The Kier molecular flexibility index (Phi) is 4.33. The van der Waals surface area contributed by atoms with Crippen molar-refractivity contribution < 1.29 is 18.1 Å². The van der Waals surface area contributed by atoms with Crippen LogP contribution in [0.3, 0.4) is 0 Å². The van der Waals surface area contributed by atoms with E-state index in [1.807, 2.05) is 0 Å². The van der Waals surface area contributed by atoms with E-state index in [2.05, 4.69) is 15.0 Å². The molecule has 2 aromatic rings. The van der Waals surface area contributed by atoms with Gasteiger partial charge in [0.15, 0.2) is 5.82 Å². The summed E-state index contributed by atoms with van der Waals surface area (Å²) in [6, 6.07) is 2.90. The van der Waals surface area contributed by atoms with Crippen molar-refractivity contribution in [3.8, 4) is 0 Å². The van der Waals surface area contributed by atoms with Gasteiger partial charge in [0.25, 0.3) is 5.91 Å². The minimum absolute atomic E-state index is 0.231. The Labute approximate surface area is 131 Å². The van der Waals surface area contributed by atoms with Gasteiger partial charge in [0, 0.05) is 26.2 Å². The van der Waals surface area contributed by atoms with Crippen molar-refractivity contribution in [1.29, 1.82) is 0 Å². The van der Waals surface area contributed by atoms with Gasteiger partial charge in [-0.25, -0.2) is 8.78 Å². The number of halogens is 2. The van der Waals surface area contributed by atoms with Gasteiger partial charge >= 0.3 is 0 Å². The van der Waals surface area contributed by atoms with Crippen LogP contribution in [-0.2, 0) is 6.54 Å².